The molecule has 1 unspecified atom stereocenters. The number of carbonyl (C=O) groups excluding carboxylic acids is 1. The Morgan fingerprint density at radius 2 is 1.72 bits per heavy atom. The van der Waals surface area contributed by atoms with Crippen molar-refractivity contribution in [3.63, 3.8) is 0 Å². The highest BCUT2D eigenvalue weighted by atomic mass is 32.2. The lowest BCUT2D eigenvalue weighted by molar-refractivity contribution is -0.120. The van der Waals surface area contributed by atoms with Crippen molar-refractivity contribution < 1.29 is 17.6 Å². The number of benzene rings is 3. The van der Waals surface area contributed by atoms with Crippen LogP contribution >= 0.6 is 11.8 Å². The maximum Gasteiger partial charge on any atom is 0.264 e. The molecule has 32 heavy (non-hydrogen) atoms. The number of anilines is 1. The van der Waals surface area contributed by atoms with Gasteiger partial charge >= 0.3 is 0 Å². The summed E-state index contributed by atoms with van der Waals surface area (Å²) in [6.45, 7) is 3.32. The molecule has 0 spiro atoms. The molecule has 3 aromatic carbocycles. The number of hydrogen-bond acceptors (Lipinski definition) is 4. The van der Waals surface area contributed by atoms with Gasteiger partial charge in [0, 0.05) is 4.90 Å². The smallest absolute Gasteiger partial charge is 0.264 e. The number of halogens is 1. The number of sulfonamides is 1. The molecule has 0 radical (unpaired) electrons. The molecule has 0 bridgehead atoms. The quantitative estimate of drug-likeness (QED) is 0.472. The fourth-order valence-electron chi connectivity index (χ4n) is 3.18. The summed E-state index contributed by atoms with van der Waals surface area (Å²) in [6, 6.07) is 19.0. The second kappa shape index (κ2) is 10.2. The maximum absolute atomic E-state index is 13.9. The fourth-order valence-corrected chi connectivity index (χ4v) is 5.00. The summed E-state index contributed by atoms with van der Waals surface area (Å²) in [5.41, 5.74) is 2.08. The van der Waals surface area contributed by atoms with E-state index in [9.17, 15) is 17.6 Å². The van der Waals surface area contributed by atoms with Crippen LogP contribution in [0.4, 0.5) is 10.1 Å². The van der Waals surface area contributed by atoms with Gasteiger partial charge in [-0.25, -0.2) is 12.8 Å². The van der Waals surface area contributed by atoms with Crippen molar-refractivity contribution in [1.29, 1.82) is 0 Å². The van der Waals surface area contributed by atoms with Crippen LogP contribution in [-0.2, 0) is 14.8 Å². The summed E-state index contributed by atoms with van der Waals surface area (Å²) >= 11 is 1.49. The van der Waals surface area contributed by atoms with E-state index in [1.54, 1.807) is 12.1 Å². The van der Waals surface area contributed by atoms with Crippen molar-refractivity contribution >= 4 is 33.4 Å². The molecule has 1 atom stereocenters. The summed E-state index contributed by atoms with van der Waals surface area (Å²) in [4.78, 5) is 13.8. The lowest BCUT2D eigenvalue weighted by atomic mass is 10.1. The molecule has 3 aromatic rings. The Labute approximate surface area is 192 Å². The number of aryl methyl sites for hydroxylation is 1. The van der Waals surface area contributed by atoms with Crippen molar-refractivity contribution in [1.82, 2.24) is 5.32 Å². The highest BCUT2D eigenvalue weighted by molar-refractivity contribution is 7.98. The normalized spacial score (nSPS) is 12.2. The van der Waals surface area contributed by atoms with E-state index in [4.69, 9.17) is 0 Å². The molecular formula is C24H25FN2O3S2. The largest absolute Gasteiger partial charge is 0.348 e. The van der Waals surface area contributed by atoms with E-state index in [-0.39, 0.29) is 16.6 Å². The Balaban J connectivity index is 1.89. The molecule has 0 heterocycles. The third-order valence-electron chi connectivity index (χ3n) is 4.99. The average Bonchev–Trinajstić information content (AvgIpc) is 2.77. The van der Waals surface area contributed by atoms with Crippen molar-refractivity contribution in [2.45, 2.75) is 29.7 Å². The van der Waals surface area contributed by atoms with Gasteiger partial charge in [0.15, 0.2) is 0 Å². The van der Waals surface area contributed by atoms with Crippen molar-refractivity contribution in [2.75, 3.05) is 17.1 Å². The summed E-state index contributed by atoms with van der Waals surface area (Å²) in [5, 5.41) is 2.83. The van der Waals surface area contributed by atoms with Gasteiger partial charge in [-0.1, -0.05) is 35.9 Å². The number of rotatable bonds is 8. The predicted octanol–water partition coefficient (Wildman–Crippen LogP) is 4.93. The van der Waals surface area contributed by atoms with Gasteiger partial charge in [0.2, 0.25) is 5.91 Å². The molecule has 8 heteroatoms. The average molecular weight is 473 g/mol. The standard InChI is InChI=1S/C24H25FN2O3S2/c1-17-7-9-19(10-8-17)18(2)26-24(28)16-27(21-6-4-5-20(25)15-21)32(29,30)23-13-11-22(31-3)12-14-23/h4-15,18H,16H2,1-3H3,(H,26,28). The summed E-state index contributed by atoms with van der Waals surface area (Å²) in [5.74, 6) is -1.08. The van der Waals surface area contributed by atoms with Gasteiger partial charge < -0.3 is 5.32 Å². The van der Waals surface area contributed by atoms with Crippen LogP contribution in [0.15, 0.2) is 82.6 Å². The van der Waals surface area contributed by atoms with Crippen LogP contribution in [0.25, 0.3) is 0 Å². The molecule has 1 N–H and O–H groups in total. The van der Waals surface area contributed by atoms with E-state index in [0.717, 1.165) is 26.4 Å². The minimum Gasteiger partial charge on any atom is -0.348 e. The second-order valence-electron chi connectivity index (χ2n) is 7.37. The van der Waals surface area contributed by atoms with E-state index in [2.05, 4.69) is 5.32 Å². The summed E-state index contributed by atoms with van der Waals surface area (Å²) in [6.07, 6.45) is 1.89. The first-order valence-electron chi connectivity index (χ1n) is 9.99. The van der Waals surface area contributed by atoms with E-state index >= 15 is 0 Å². The zero-order chi connectivity index (χ0) is 23.3. The minimum atomic E-state index is -4.10. The number of nitrogens with zero attached hydrogens (tertiary/aromatic N) is 1. The zero-order valence-corrected chi connectivity index (χ0v) is 19.7. The van der Waals surface area contributed by atoms with Crippen LogP contribution in [0, 0.1) is 12.7 Å². The van der Waals surface area contributed by atoms with Crippen LogP contribution < -0.4 is 9.62 Å². The third-order valence-corrected chi connectivity index (χ3v) is 7.52. The van der Waals surface area contributed by atoms with E-state index in [1.165, 1.54) is 42.1 Å². The molecular weight excluding hydrogens is 447 g/mol. The van der Waals surface area contributed by atoms with Crippen molar-refractivity contribution in [3.8, 4) is 0 Å². The maximum atomic E-state index is 13.9. The summed E-state index contributed by atoms with van der Waals surface area (Å²) in [7, 11) is -4.10. The van der Waals surface area contributed by atoms with E-state index in [0.29, 0.717) is 0 Å². The van der Waals surface area contributed by atoms with Crippen molar-refractivity contribution in [2.24, 2.45) is 0 Å². The van der Waals surface area contributed by atoms with Gasteiger partial charge in [-0.05, 0) is 68.1 Å². The molecule has 0 aromatic heterocycles. The highest BCUT2D eigenvalue weighted by Gasteiger charge is 2.28. The van der Waals surface area contributed by atoms with E-state index < -0.39 is 28.3 Å². The molecule has 5 nitrogen and oxygen atoms in total. The van der Waals surface area contributed by atoms with Crippen LogP contribution in [0.2, 0.25) is 0 Å². The molecule has 0 saturated carbocycles. The van der Waals surface area contributed by atoms with Gasteiger partial charge in [-0.3, -0.25) is 9.10 Å². The van der Waals surface area contributed by atoms with Gasteiger partial charge in [0.25, 0.3) is 10.0 Å². The monoisotopic (exact) mass is 472 g/mol. The Hall–Kier alpha value is -2.84. The Morgan fingerprint density at radius 1 is 1.06 bits per heavy atom. The molecule has 3 rings (SSSR count). The molecule has 0 aliphatic rings. The number of amides is 1. The van der Waals surface area contributed by atoms with Crippen LogP contribution in [0.1, 0.15) is 24.1 Å². The van der Waals surface area contributed by atoms with Gasteiger partial charge in [-0.2, -0.15) is 0 Å². The first kappa shape index (κ1) is 23.8. The zero-order valence-electron chi connectivity index (χ0n) is 18.1. The number of carbonyl (C=O) groups is 1. The van der Waals surface area contributed by atoms with Gasteiger partial charge in [0.05, 0.1) is 16.6 Å². The highest BCUT2D eigenvalue weighted by Crippen LogP contribution is 2.26. The molecule has 168 valence electrons. The second-order valence-corrected chi connectivity index (χ2v) is 10.1. The molecule has 1 amide bonds. The minimum absolute atomic E-state index is 0.0268. The number of nitrogens with one attached hydrogen (secondary N) is 1. The first-order chi connectivity index (χ1) is 15.2. The Morgan fingerprint density at radius 3 is 2.31 bits per heavy atom. The molecule has 0 fully saturated rings. The lowest BCUT2D eigenvalue weighted by Crippen LogP contribution is -2.41. The summed E-state index contributed by atoms with van der Waals surface area (Å²) < 4.78 is 41.6. The molecule has 0 aliphatic heterocycles. The Bertz CT molecular complexity index is 1180. The Kier molecular flexibility index (Phi) is 7.58. The fraction of sp³-hybridized carbons (Fsp3) is 0.208. The van der Waals surface area contributed by atoms with Crippen LogP contribution in [0.5, 0.6) is 0 Å². The number of thioether (sulfide) groups is 1. The van der Waals surface area contributed by atoms with Gasteiger partial charge in [0.1, 0.15) is 12.4 Å². The van der Waals surface area contributed by atoms with Gasteiger partial charge in [-0.15, -0.1) is 11.8 Å². The van der Waals surface area contributed by atoms with Crippen LogP contribution in [0.3, 0.4) is 0 Å². The number of hydrogen-bond donors (Lipinski definition) is 1. The van der Waals surface area contributed by atoms with E-state index in [1.807, 2.05) is 44.4 Å². The lowest BCUT2D eigenvalue weighted by Gasteiger charge is -2.25. The SMILES string of the molecule is CSc1ccc(S(=O)(=O)N(CC(=O)NC(C)c2ccc(C)cc2)c2cccc(F)c2)cc1. The molecule has 0 saturated heterocycles. The van der Waals surface area contributed by atoms with Crippen molar-refractivity contribution in [3.05, 3.63) is 89.7 Å². The predicted molar refractivity (Wildman–Crippen MR) is 127 cm³/mol. The molecule has 0 aliphatic carbocycles. The first-order valence-corrected chi connectivity index (χ1v) is 12.7. The third kappa shape index (κ3) is 5.69. The van der Waals surface area contributed by atoms with Crippen LogP contribution in [-0.4, -0.2) is 27.1 Å². The topological polar surface area (TPSA) is 66.5 Å².